The van der Waals surface area contributed by atoms with Crippen molar-refractivity contribution in [3.05, 3.63) is 23.8 Å². The van der Waals surface area contributed by atoms with E-state index in [9.17, 15) is 19.5 Å². The lowest BCUT2D eigenvalue weighted by molar-refractivity contribution is 0.0936. The summed E-state index contributed by atoms with van der Waals surface area (Å²) in [6.45, 7) is 5.21. The molecule has 1 aromatic carbocycles. The maximum atomic E-state index is 11.6. The number of amides is 1. The van der Waals surface area contributed by atoms with Crippen LogP contribution in [-0.2, 0) is 20.6 Å². The average Bonchev–Trinajstić information content (AvgIpc) is 2.57. The molecule has 0 radical (unpaired) electrons. The smallest absolute Gasteiger partial charge is 0.450 e. The fourth-order valence-corrected chi connectivity index (χ4v) is 1.90. The predicted molar refractivity (Wildman–Crippen MR) is 91.6 cm³/mol. The fourth-order valence-electron chi connectivity index (χ4n) is 1.90. The molecule has 0 fully saturated rings. The van der Waals surface area contributed by atoms with Crippen molar-refractivity contribution in [1.29, 1.82) is 0 Å². The molecular weight excluding hydrogens is 362 g/mol. The van der Waals surface area contributed by atoms with Crippen LogP contribution in [-0.4, -0.2) is 49.6 Å². The number of alkyl carbamates (subject to hydrolysis) is 1. The number of hydrogen-bond acceptors (Lipinski definition) is 9. The summed E-state index contributed by atoms with van der Waals surface area (Å²) in [5.41, 5.74) is 0.481. The van der Waals surface area contributed by atoms with Crippen LogP contribution < -0.4 is 14.8 Å². The van der Waals surface area contributed by atoms with E-state index in [1.165, 1.54) is 18.2 Å². The van der Waals surface area contributed by atoms with Gasteiger partial charge in [0.2, 0.25) is 0 Å². The van der Waals surface area contributed by atoms with E-state index >= 15 is 0 Å². The molecule has 150 valence electrons. The molecule has 0 aliphatic heterocycles. The van der Waals surface area contributed by atoms with Gasteiger partial charge in [-0.2, -0.15) is 0 Å². The predicted octanol–water partition coefficient (Wildman–Crippen LogP) is 2.36. The number of hydrogen-bond donors (Lipinski definition) is 2. The third-order valence-electron chi connectivity index (χ3n) is 2.91. The summed E-state index contributed by atoms with van der Waals surface area (Å²) in [4.78, 5) is 34.4. The maximum absolute atomic E-state index is 11.6. The second-order valence-electron chi connectivity index (χ2n) is 4.94. The molecule has 0 aliphatic rings. The van der Waals surface area contributed by atoms with Crippen molar-refractivity contribution in [3.63, 3.8) is 0 Å². The summed E-state index contributed by atoms with van der Waals surface area (Å²) in [6, 6.07) is 4.24. The van der Waals surface area contributed by atoms with Crippen LogP contribution in [0.4, 0.5) is 14.4 Å². The Labute approximate surface area is 156 Å². The van der Waals surface area contributed by atoms with Gasteiger partial charge in [0.25, 0.3) is 0 Å². The number of benzene rings is 1. The van der Waals surface area contributed by atoms with Crippen LogP contribution >= 0.6 is 0 Å². The maximum Gasteiger partial charge on any atom is 0.513 e. The Bertz CT molecular complexity index is 647. The number of carbonyl (C=O) groups excluding carboxylic acids is 3. The Hall–Kier alpha value is -3.01. The summed E-state index contributed by atoms with van der Waals surface area (Å²) >= 11 is 0. The average molecular weight is 385 g/mol. The Morgan fingerprint density at radius 3 is 2.04 bits per heavy atom. The molecule has 0 saturated carbocycles. The molecule has 2 N–H and O–H groups in total. The highest BCUT2D eigenvalue weighted by atomic mass is 16.7. The standard InChI is InChI=1S/C17H23NO9/c1-4-23-15(20)18-14(19)10-11-7-8-12(26-16(21)24-5-2)13(9-11)27-17(22)25-6-3/h7-9,14,19H,4-6,10H2,1-3H3,(H,18,20). The molecule has 1 atom stereocenters. The van der Waals surface area contributed by atoms with Gasteiger partial charge in [0.05, 0.1) is 19.8 Å². The van der Waals surface area contributed by atoms with Crippen LogP contribution in [0.25, 0.3) is 0 Å². The lowest BCUT2D eigenvalue weighted by Gasteiger charge is -2.15. The Balaban J connectivity index is 2.92. The van der Waals surface area contributed by atoms with Crippen LogP contribution in [0.5, 0.6) is 11.5 Å². The van der Waals surface area contributed by atoms with Gasteiger partial charge in [-0.25, -0.2) is 14.4 Å². The molecule has 0 bridgehead atoms. The molecule has 0 aliphatic carbocycles. The van der Waals surface area contributed by atoms with Crippen LogP contribution in [0.1, 0.15) is 26.3 Å². The highest BCUT2D eigenvalue weighted by molar-refractivity contribution is 5.69. The quantitative estimate of drug-likeness (QED) is 0.300. The van der Waals surface area contributed by atoms with Crippen LogP contribution in [0.15, 0.2) is 18.2 Å². The van der Waals surface area contributed by atoms with Gasteiger partial charge >= 0.3 is 18.4 Å². The number of carbonyl (C=O) groups is 3. The number of nitrogens with one attached hydrogen (secondary N) is 1. The first-order valence-electron chi connectivity index (χ1n) is 8.33. The third kappa shape index (κ3) is 8.27. The SMILES string of the molecule is CCOC(=O)NC(O)Cc1ccc(OC(=O)OCC)c(OC(=O)OCC)c1. The minimum Gasteiger partial charge on any atom is -0.450 e. The highest BCUT2D eigenvalue weighted by Crippen LogP contribution is 2.29. The minimum absolute atomic E-state index is 0.0162. The zero-order valence-corrected chi connectivity index (χ0v) is 15.4. The fraction of sp³-hybridized carbons (Fsp3) is 0.471. The first-order chi connectivity index (χ1) is 12.9. The van der Waals surface area contributed by atoms with Crippen molar-refractivity contribution in [2.75, 3.05) is 19.8 Å². The monoisotopic (exact) mass is 385 g/mol. The van der Waals surface area contributed by atoms with E-state index < -0.39 is 24.6 Å². The van der Waals surface area contributed by atoms with Gasteiger partial charge in [0, 0.05) is 6.42 Å². The molecule has 1 amide bonds. The molecule has 10 nitrogen and oxygen atoms in total. The van der Waals surface area contributed by atoms with Crippen LogP contribution in [0.3, 0.4) is 0 Å². The number of rotatable bonds is 8. The topological polar surface area (TPSA) is 130 Å². The largest absolute Gasteiger partial charge is 0.513 e. The van der Waals surface area contributed by atoms with Crippen molar-refractivity contribution in [1.82, 2.24) is 5.32 Å². The van der Waals surface area contributed by atoms with Crippen LogP contribution in [0.2, 0.25) is 0 Å². The van der Waals surface area contributed by atoms with Crippen molar-refractivity contribution in [2.45, 2.75) is 33.4 Å². The second-order valence-corrected chi connectivity index (χ2v) is 4.94. The molecule has 1 aromatic rings. The van der Waals surface area contributed by atoms with Gasteiger partial charge in [0.1, 0.15) is 6.23 Å². The molecule has 0 aromatic heterocycles. The second kappa shape index (κ2) is 11.6. The van der Waals surface area contributed by atoms with E-state index in [1.54, 1.807) is 20.8 Å². The Morgan fingerprint density at radius 1 is 0.926 bits per heavy atom. The summed E-state index contributed by atoms with van der Waals surface area (Å²) in [5, 5.41) is 12.1. The molecule has 27 heavy (non-hydrogen) atoms. The molecular formula is C17H23NO9. The van der Waals surface area contributed by atoms with Gasteiger partial charge < -0.3 is 28.8 Å². The highest BCUT2D eigenvalue weighted by Gasteiger charge is 2.18. The minimum atomic E-state index is -1.24. The van der Waals surface area contributed by atoms with E-state index in [0.29, 0.717) is 5.56 Å². The third-order valence-corrected chi connectivity index (χ3v) is 2.91. The van der Waals surface area contributed by atoms with E-state index in [-0.39, 0.29) is 37.7 Å². The van der Waals surface area contributed by atoms with E-state index in [2.05, 4.69) is 14.8 Å². The van der Waals surface area contributed by atoms with E-state index in [4.69, 9.17) is 14.2 Å². The summed E-state index contributed by atoms with van der Waals surface area (Å²) in [6.07, 6.45) is -3.99. The first-order valence-corrected chi connectivity index (χ1v) is 8.33. The van der Waals surface area contributed by atoms with Crippen molar-refractivity contribution in [2.24, 2.45) is 0 Å². The van der Waals surface area contributed by atoms with Gasteiger partial charge in [-0.15, -0.1) is 0 Å². The molecule has 10 heteroatoms. The van der Waals surface area contributed by atoms with Gasteiger partial charge in [-0.3, -0.25) is 5.32 Å². The number of ether oxygens (including phenoxy) is 5. The summed E-state index contributed by atoms with van der Waals surface area (Å²) in [5.74, 6) is -0.180. The molecule has 0 saturated heterocycles. The van der Waals surface area contributed by atoms with Gasteiger partial charge in [-0.1, -0.05) is 6.07 Å². The Morgan fingerprint density at radius 2 is 1.48 bits per heavy atom. The molecule has 1 unspecified atom stereocenters. The van der Waals surface area contributed by atoms with Crippen LogP contribution in [0, 0.1) is 0 Å². The van der Waals surface area contributed by atoms with Crippen molar-refractivity contribution in [3.8, 4) is 11.5 Å². The zero-order chi connectivity index (χ0) is 20.2. The van der Waals surface area contributed by atoms with Crippen molar-refractivity contribution >= 4 is 18.4 Å². The number of aliphatic hydroxyl groups excluding tert-OH is 1. The number of aliphatic hydroxyl groups is 1. The molecule has 0 heterocycles. The van der Waals surface area contributed by atoms with E-state index in [0.717, 1.165) is 0 Å². The van der Waals surface area contributed by atoms with Gasteiger partial charge in [-0.05, 0) is 38.5 Å². The Kier molecular flexibility index (Phi) is 9.45. The first kappa shape index (κ1) is 22.0. The summed E-state index contributed by atoms with van der Waals surface area (Å²) in [7, 11) is 0. The lowest BCUT2D eigenvalue weighted by Crippen LogP contribution is -2.36. The summed E-state index contributed by atoms with van der Waals surface area (Å²) < 4.78 is 24.0. The van der Waals surface area contributed by atoms with Gasteiger partial charge in [0.15, 0.2) is 11.5 Å². The van der Waals surface area contributed by atoms with E-state index in [1.807, 2.05) is 0 Å². The lowest BCUT2D eigenvalue weighted by atomic mass is 10.1. The molecule has 0 spiro atoms. The normalized spacial score (nSPS) is 11.1. The van der Waals surface area contributed by atoms with Crippen molar-refractivity contribution < 1.29 is 43.2 Å². The molecule has 1 rings (SSSR count). The zero-order valence-electron chi connectivity index (χ0n) is 15.4.